The second kappa shape index (κ2) is 10.1. The SMILES string of the molecule is COC1CCCN(c2sc(Cc3cccnc3Oc3ccccc3C(C)(C)C)nc2C(F)(F)F)C1. The maximum atomic E-state index is 13.9. The van der Waals surface area contributed by atoms with Crippen LogP contribution in [0.4, 0.5) is 18.2 Å². The number of hydrogen-bond acceptors (Lipinski definition) is 6. The Morgan fingerprint density at radius 2 is 1.89 bits per heavy atom. The Labute approximate surface area is 207 Å². The van der Waals surface area contributed by atoms with Crippen molar-refractivity contribution in [2.75, 3.05) is 25.1 Å². The first-order valence-corrected chi connectivity index (χ1v) is 12.4. The number of pyridine rings is 1. The molecule has 0 saturated carbocycles. The summed E-state index contributed by atoms with van der Waals surface area (Å²) in [5.41, 5.74) is 0.717. The van der Waals surface area contributed by atoms with Gasteiger partial charge in [-0.2, -0.15) is 13.2 Å². The van der Waals surface area contributed by atoms with Gasteiger partial charge in [-0.15, -0.1) is 11.3 Å². The van der Waals surface area contributed by atoms with Crippen molar-refractivity contribution < 1.29 is 22.6 Å². The van der Waals surface area contributed by atoms with Crippen molar-refractivity contribution in [2.24, 2.45) is 0 Å². The Hall–Kier alpha value is -2.65. The monoisotopic (exact) mass is 505 g/mol. The number of halogens is 3. The molecule has 1 saturated heterocycles. The Bertz CT molecular complexity index is 1160. The maximum Gasteiger partial charge on any atom is 0.436 e. The minimum atomic E-state index is -4.54. The zero-order valence-corrected chi connectivity index (χ0v) is 21.2. The summed E-state index contributed by atoms with van der Waals surface area (Å²) in [6.45, 7) is 7.26. The summed E-state index contributed by atoms with van der Waals surface area (Å²) in [6, 6.07) is 11.3. The summed E-state index contributed by atoms with van der Waals surface area (Å²) < 4.78 is 53.3. The van der Waals surface area contributed by atoms with E-state index in [4.69, 9.17) is 9.47 Å². The van der Waals surface area contributed by atoms with Gasteiger partial charge in [0.15, 0.2) is 5.69 Å². The predicted octanol–water partition coefficient (Wildman–Crippen LogP) is 6.85. The fourth-order valence-electron chi connectivity index (χ4n) is 4.24. The summed E-state index contributed by atoms with van der Waals surface area (Å²) in [5.74, 6) is 1.04. The first kappa shape index (κ1) is 25.4. The van der Waals surface area contributed by atoms with Gasteiger partial charge >= 0.3 is 6.18 Å². The van der Waals surface area contributed by atoms with Crippen LogP contribution < -0.4 is 9.64 Å². The third kappa shape index (κ3) is 5.95. The van der Waals surface area contributed by atoms with Gasteiger partial charge < -0.3 is 14.4 Å². The first-order valence-electron chi connectivity index (χ1n) is 11.6. The second-order valence-electron chi connectivity index (χ2n) is 9.70. The molecule has 5 nitrogen and oxygen atoms in total. The molecular weight excluding hydrogens is 475 g/mol. The maximum absolute atomic E-state index is 13.9. The molecule has 0 radical (unpaired) electrons. The molecule has 0 amide bonds. The van der Waals surface area contributed by atoms with Crippen molar-refractivity contribution in [2.45, 2.75) is 57.7 Å². The average Bonchev–Trinajstić information content (AvgIpc) is 3.25. The molecule has 3 aromatic rings. The molecule has 1 aliphatic rings. The van der Waals surface area contributed by atoms with E-state index < -0.39 is 11.9 Å². The Balaban J connectivity index is 1.64. The molecule has 0 bridgehead atoms. The zero-order valence-electron chi connectivity index (χ0n) is 20.4. The molecule has 1 aromatic carbocycles. The predicted molar refractivity (Wildman–Crippen MR) is 132 cm³/mol. The number of thiazole rings is 1. The third-order valence-corrected chi connectivity index (χ3v) is 7.13. The number of nitrogens with zero attached hydrogens (tertiary/aromatic N) is 3. The van der Waals surface area contributed by atoms with Gasteiger partial charge in [0.25, 0.3) is 0 Å². The van der Waals surface area contributed by atoms with Gasteiger partial charge in [-0.1, -0.05) is 45.0 Å². The topological polar surface area (TPSA) is 47.5 Å². The molecular formula is C26H30F3N3O2S. The number of benzene rings is 1. The molecule has 1 atom stereocenters. The molecule has 0 aliphatic carbocycles. The lowest BCUT2D eigenvalue weighted by atomic mass is 9.86. The van der Waals surface area contributed by atoms with Gasteiger partial charge in [-0.25, -0.2) is 9.97 Å². The zero-order chi connectivity index (χ0) is 25.2. The van der Waals surface area contributed by atoms with Crippen molar-refractivity contribution in [1.29, 1.82) is 0 Å². The Morgan fingerprint density at radius 1 is 1.11 bits per heavy atom. The lowest BCUT2D eigenvalue weighted by Crippen LogP contribution is -2.39. The molecule has 0 spiro atoms. The van der Waals surface area contributed by atoms with Crippen LogP contribution >= 0.6 is 11.3 Å². The van der Waals surface area contributed by atoms with Crippen LogP contribution in [0.1, 0.15) is 55.4 Å². The molecule has 1 aliphatic heterocycles. The molecule has 3 heterocycles. The van der Waals surface area contributed by atoms with Gasteiger partial charge in [0.2, 0.25) is 5.88 Å². The second-order valence-corrected chi connectivity index (χ2v) is 10.8. The first-order chi connectivity index (χ1) is 16.6. The van der Waals surface area contributed by atoms with Crippen LogP contribution in [0.2, 0.25) is 0 Å². The molecule has 2 aromatic heterocycles. The fourth-order valence-corrected chi connectivity index (χ4v) is 5.38. The van der Waals surface area contributed by atoms with E-state index in [2.05, 4.69) is 30.7 Å². The molecule has 0 N–H and O–H groups in total. The van der Waals surface area contributed by atoms with Crippen molar-refractivity contribution in [1.82, 2.24) is 9.97 Å². The van der Waals surface area contributed by atoms with Gasteiger partial charge in [0, 0.05) is 43.9 Å². The van der Waals surface area contributed by atoms with Crippen molar-refractivity contribution >= 4 is 16.3 Å². The number of para-hydroxylation sites is 1. The van der Waals surface area contributed by atoms with Crippen molar-refractivity contribution in [3.05, 3.63) is 64.4 Å². The third-order valence-electron chi connectivity index (χ3n) is 6.01. The Morgan fingerprint density at radius 3 is 2.60 bits per heavy atom. The van der Waals surface area contributed by atoms with Gasteiger partial charge in [0.05, 0.1) is 11.1 Å². The molecule has 1 unspecified atom stereocenters. The van der Waals surface area contributed by atoms with E-state index in [1.807, 2.05) is 30.3 Å². The van der Waals surface area contributed by atoms with Gasteiger partial charge in [-0.3, -0.25) is 0 Å². The molecule has 188 valence electrons. The number of piperidine rings is 1. The molecule has 1 fully saturated rings. The lowest BCUT2D eigenvalue weighted by molar-refractivity contribution is -0.140. The summed E-state index contributed by atoms with van der Waals surface area (Å²) >= 11 is 1.08. The highest BCUT2D eigenvalue weighted by molar-refractivity contribution is 7.16. The highest BCUT2D eigenvalue weighted by atomic mass is 32.1. The van der Waals surface area contributed by atoms with E-state index in [0.717, 1.165) is 29.7 Å². The largest absolute Gasteiger partial charge is 0.438 e. The molecule has 4 rings (SSSR count). The highest BCUT2D eigenvalue weighted by Gasteiger charge is 2.40. The van der Waals surface area contributed by atoms with Crippen LogP contribution in [0.3, 0.4) is 0 Å². The molecule has 9 heteroatoms. The Kier molecular flexibility index (Phi) is 7.38. The smallest absolute Gasteiger partial charge is 0.436 e. The number of rotatable bonds is 6. The van der Waals surface area contributed by atoms with Crippen LogP contribution in [0.5, 0.6) is 11.6 Å². The van der Waals surface area contributed by atoms with Crippen molar-refractivity contribution in [3.8, 4) is 11.6 Å². The normalized spacial score (nSPS) is 17.0. The minimum absolute atomic E-state index is 0.0865. The van der Waals surface area contributed by atoms with Crippen LogP contribution in [-0.4, -0.2) is 36.3 Å². The summed E-state index contributed by atoms with van der Waals surface area (Å²) in [7, 11) is 1.60. The van der Waals surface area contributed by atoms with Crippen LogP contribution in [0.15, 0.2) is 42.6 Å². The van der Waals surface area contributed by atoms with Crippen LogP contribution in [0, 0.1) is 0 Å². The standard InChI is InChI=1S/C26H30F3N3O2S/c1-25(2,3)19-11-5-6-12-20(19)34-23-17(9-7-13-30-23)15-21-31-22(26(27,28)29)24(35-21)32-14-8-10-18(16-32)33-4/h5-7,9,11-13,18H,8,10,14-16H2,1-4H3. The number of methoxy groups -OCH3 is 1. The van der Waals surface area contributed by atoms with E-state index in [-0.39, 0.29) is 22.9 Å². The quantitative estimate of drug-likeness (QED) is 0.367. The van der Waals surface area contributed by atoms with E-state index in [9.17, 15) is 13.2 Å². The van der Waals surface area contributed by atoms with Crippen LogP contribution in [0.25, 0.3) is 0 Å². The van der Waals surface area contributed by atoms with E-state index in [1.54, 1.807) is 24.3 Å². The number of anilines is 1. The fraction of sp³-hybridized carbons (Fsp3) is 0.462. The number of aromatic nitrogens is 2. The average molecular weight is 506 g/mol. The molecule has 35 heavy (non-hydrogen) atoms. The van der Waals surface area contributed by atoms with Crippen LogP contribution in [-0.2, 0) is 22.7 Å². The highest BCUT2D eigenvalue weighted by Crippen LogP contribution is 2.42. The minimum Gasteiger partial charge on any atom is -0.438 e. The van der Waals surface area contributed by atoms with E-state index in [1.165, 1.54) is 0 Å². The number of ether oxygens (including phenoxy) is 2. The summed E-state index contributed by atoms with van der Waals surface area (Å²) in [6.07, 6.45) is -1.20. The number of hydrogen-bond donors (Lipinski definition) is 0. The van der Waals surface area contributed by atoms with E-state index in [0.29, 0.717) is 35.3 Å². The van der Waals surface area contributed by atoms with Crippen molar-refractivity contribution in [3.63, 3.8) is 0 Å². The number of alkyl halides is 3. The summed E-state index contributed by atoms with van der Waals surface area (Å²) in [5, 5.41) is 0.521. The van der Waals surface area contributed by atoms with Gasteiger partial charge in [0.1, 0.15) is 10.8 Å². The van der Waals surface area contributed by atoms with E-state index >= 15 is 0 Å². The lowest BCUT2D eigenvalue weighted by Gasteiger charge is -2.33. The van der Waals surface area contributed by atoms with Gasteiger partial charge in [-0.05, 0) is 30.4 Å². The summed E-state index contributed by atoms with van der Waals surface area (Å²) in [4.78, 5) is 10.2.